The normalized spacial score (nSPS) is 17.3. The van der Waals surface area contributed by atoms with Crippen LogP contribution in [0.3, 0.4) is 0 Å². The Hall–Kier alpha value is -2.69. The van der Waals surface area contributed by atoms with Gasteiger partial charge in [0.2, 0.25) is 0 Å². The Morgan fingerprint density at radius 3 is 2.08 bits per heavy atom. The fraction of sp³-hybridized carbons (Fsp3) is 0.485. The van der Waals surface area contributed by atoms with E-state index in [4.69, 9.17) is 10.8 Å². The molecule has 0 aliphatic carbocycles. The molecule has 206 valence electrons. The van der Waals surface area contributed by atoms with Crippen molar-refractivity contribution in [1.82, 2.24) is 0 Å². The summed E-state index contributed by atoms with van der Waals surface area (Å²) in [6.07, 6.45) is 33.9. The quantitative estimate of drug-likeness (QED) is 0.0716. The van der Waals surface area contributed by atoms with E-state index in [2.05, 4.69) is 44.2 Å². The third-order valence-electron chi connectivity index (χ3n) is 6.02. The third-order valence-corrected chi connectivity index (χ3v) is 6.02. The predicted molar refractivity (Wildman–Crippen MR) is 160 cm³/mol. The molecule has 4 unspecified atom stereocenters. The van der Waals surface area contributed by atoms with Gasteiger partial charge < -0.3 is 15.9 Å². The molecule has 0 saturated carbocycles. The van der Waals surface area contributed by atoms with Crippen LogP contribution in [0.25, 0.3) is 0 Å². The maximum Gasteiger partial charge on any atom is 0.331 e. The van der Waals surface area contributed by atoms with Gasteiger partial charge in [-0.1, -0.05) is 106 Å². The Balaban J connectivity index is 4.36. The number of allylic oxidation sites excluding steroid dienone is 13. The second-order valence-electron chi connectivity index (χ2n) is 9.86. The van der Waals surface area contributed by atoms with Crippen LogP contribution in [-0.4, -0.2) is 28.8 Å². The summed E-state index contributed by atoms with van der Waals surface area (Å²) in [4.78, 5) is 10.7. The van der Waals surface area contributed by atoms with E-state index in [1.807, 2.05) is 50.3 Å². The highest BCUT2D eigenvalue weighted by Gasteiger charge is 2.13. The fourth-order valence-corrected chi connectivity index (χ4v) is 3.61. The molecular formula is C33H51NO3. The summed E-state index contributed by atoms with van der Waals surface area (Å²) in [5.41, 5.74) is 6.83. The lowest BCUT2D eigenvalue weighted by molar-refractivity contribution is -0.132. The number of unbranched alkanes of at least 4 members (excludes halogenated alkanes) is 2. The van der Waals surface area contributed by atoms with Gasteiger partial charge in [-0.25, -0.2) is 4.79 Å². The van der Waals surface area contributed by atoms with Gasteiger partial charge in [-0.05, 0) is 76.3 Å². The van der Waals surface area contributed by atoms with E-state index >= 15 is 0 Å². The number of carboxylic acid groups (broad SMARTS) is 1. The van der Waals surface area contributed by atoms with Crippen molar-refractivity contribution in [2.24, 2.45) is 23.5 Å². The van der Waals surface area contributed by atoms with Crippen LogP contribution in [0.15, 0.2) is 96.2 Å². The van der Waals surface area contributed by atoms with E-state index in [1.165, 1.54) is 0 Å². The number of nitrogens with two attached hydrogens (primary N) is 1. The molecule has 0 aliphatic rings. The zero-order valence-electron chi connectivity index (χ0n) is 23.7. The van der Waals surface area contributed by atoms with Crippen LogP contribution in [0.2, 0.25) is 0 Å². The second kappa shape index (κ2) is 22.5. The molecule has 0 amide bonds. The Labute approximate surface area is 226 Å². The lowest BCUT2D eigenvalue weighted by atomic mass is 9.93. The Morgan fingerprint density at radius 1 is 0.811 bits per heavy atom. The molecule has 0 spiro atoms. The lowest BCUT2D eigenvalue weighted by Crippen LogP contribution is -2.17. The van der Waals surface area contributed by atoms with Crippen molar-refractivity contribution in [1.29, 1.82) is 0 Å². The largest absolute Gasteiger partial charge is 0.478 e. The Kier molecular flexibility index (Phi) is 20.9. The summed E-state index contributed by atoms with van der Waals surface area (Å²) in [6, 6.07) is 0. The minimum Gasteiger partial charge on any atom is -0.478 e. The summed E-state index contributed by atoms with van der Waals surface area (Å²) in [5, 5.41) is 19.5. The van der Waals surface area contributed by atoms with Crippen molar-refractivity contribution in [3.05, 3.63) is 96.2 Å². The number of hydrogen-bond acceptors (Lipinski definition) is 3. The summed E-state index contributed by atoms with van der Waals surface area (Å²) in [7, 11) is 0. The van der Waals surface area contributed by atoms with Crippen molar-refractivity contribution >= 4 is 5.97 Å². The monoisotopic (exact) mass is 509 g/mol. The topological polar surface area (TPSA) is 83.5 Å². The average molecular weight is 510 g/mol. The summed E-state index contributed by atoms with van der Waals surface area (Å²) in [5.74, 6) is 0.115. The minimum atomic E-state index is -0.915. The molecule has 4 heteroatoms. The summed E-state index contributed by atoms with van der Waals surface area (Å²) < 4.78 is 0. The van der Waals surface area contributed by atoms with Crippen molar-refractivity contribution in [3.63, 3.8) is 0 Å². The molecular weight excluding hydrogens is 458 g/mol. The molecule has 4 atom stereocenters. The Morgan fingerprint density at radius 2 is 1.43 bits per heavy atom. The molecule has 0 aromatic carbocycles. The molecule has 4 nitrogen and oxygen atoms in total. The van der Waals surface area contributed by atoms with Crippen LogP contribution >= 0.6 is 0 Å². The number of carbonyl (C=O) groups is 1. The van der Waals surface area contributed by atoms with Crippen LogP contribution in [0.4, 0.5) is 0 Å². The van der Waals surface area contributed by atoms with Gasteiger partial charge in [-0.2, -0.15) is 0 Å². The molecule has 0 heterocycles. The maximum absolute atomic E-state index is 10.7. The first-order chi connectivity index (χ1) is 17.7. The van der Waals surface area contributed by atoms with Gasteiger partial charge in [0.1, 0.15) is 0 Å². The maximum atomic E-state index is 10.7. The predicted octanol–water partition coefficient (Wildman–Crippen LogP) is 7.87. The highest BCUT2D eigenvalue weighted by atomic mass is 16.4. The van der Waals surface area contributed by atoms with E-state index in [-0.39, 0.29) is 5.92 Å². The molecule has 0 aliphatic heterocycles. The summed E-state index contributed by atoms with van der Waals surface area (Å²) in [6.45, 7) is 10.8. The smallest absolute Gasteiger partial charge is 0.331 e. The first kappa shape index (κ1) is 34.3. The molecule has 37 heavy (non-hydrogen) atoms. The fourth-order valence-electron chi connectivity index (χ4n) is 3.61. The van der Waals surface area contributed by atoms with Gasteiger partial charge >= 0.3 is 5.97 Å². The highest BCUT2D eigenvalue weighted by molar-refractivity contribution is 5.86. The van der Waals surface area contributed by atoms with Crippen LogP contribution in [0.5, 0.6) is 0 Å². The number of carboxylic acids is 1. The lowest BCUT2D eigenvalue weighted by Gasteiger charge is -2.18. The molecule has 0 radical (unpaired) electrons. The number of aliphatic hydroxyl groups is 1. The molecule has 0 bridgehead atoms. The molecule has 0 aromatic rings. The molecule has 0 aromatic heterocycles. The van der Waals surface area contributed by atoms with Crippen LogP contribution in [-0.2, 0) is 4.79 Å². The SMILES string of the molecule is C\C(=C/C=C/C=C/C=C/C=C/C(C)C(O)/C(C)=C/C(C)CCC/C=C/C(C)C/C=C/CCCN)C(=O)O. The van der Waals surface area contributed by atoms with Crippen LogP contribution in [0, 0.1) is 17.8 Å². The molecule has 0 rings (SSSR count). The van der Waals surface area contributed by atoms with Gasteiger partial charge in [0.15, 0.2) is 0 Å². The highest BCUT2D eigenvalue weighted by Crippen LogP contribution is 2.19. The number of aliphatic carboxylic acids is 1. The average Bonchev–Trinajstić information content (AvgIpc) is 2.86. The van der Waals surface area contributed by atoms with Gasteiger partial charge in [-0.3, -0.25) is 0 Å². The molecule has 4 N–H and O–H groups in total. The Bertz CT molecular complexity index is 855. The number of hydrogen-bond donors (Lipinski definition) is 3. The standard InChI is InChI=1S/C33H51NO3/c1-27(20-14-11-12-19-25-34)21-15-13-16-22-28(2)26-31(5)32(35)29(3)23-17-9-7-6-8-10-18-24-30(4)33(36)37/h6-11,14-15,17-18,21,23-24,26-29,32,35H,12-13,16,19-20,22,25,34H2,1-5H3,(H,36,37)/b8-6+,9-7+,14-11+,18-10+,21-15+,23-17+,30-24+,31-26+. The van der Waals surface area contributed by atoms with Crippen molar-refractivity contribution in [3.8, 4) is 0 Å². The van der Waals surface area contributed by atoms with Gasteiger partial charge in [0.05, 0.1) is 6.10 Å². The zero-order chi connectivity index (χ0) is 27.9. The van der Waals surface area contributed by atoms with Crippen LogP contribution in [0.1, 0.15) is 73.1 Å². The van der Waals surface area contributed by atoms with Gasteiger partial charge in [0.25, 0.3) is 0 Å². The first-order valence-electron chi connectivity index (χ1n) is 13.7. The molecule has 0 fully saturated rings. The number of rotatable bonds is 19. The van der Waals surface area contributed by atoms with Crippen LogP contribution < -0.4 is 5.73 Å². The van der Waals surface area contributed by atoms with Gasteiger partial charge in [-0.15, -0.1) is 0 Å². The van der Waals surface area contributed by atoms with E-state index in [0.29, 0.717) is 17.4 Å². The van der Waals surface area contributed by atoms with E-state index < -0.39 is 12.1 Å². The van der Waals surface area contributed by atoms with Crippen molar-refractivity contribution < 1.29 is 15.0 Å². The molecule has 0 saturated heterocycles. The minimum absolute atomic E-state index is 0.0230. The van der Waals surface area contributed by atoms with Gasteiger partial charge in [0, 0.05) is 11.5 Å². The zero-order valence-corrected chi connectivity index (χ0v) is 23.7. The van der Waals surface area contributed by atoms with Crippen molar-refractivity contribution in [2.75, 3.05) is 6.54 Å². The third kappa shape index (κ3) is 20.1. The summed E-state index contributed by atoms with van der Waals surface area (Å²) >= 11 is 0. The van der Waals surface area contributed by atoms with E-state index in [0.717, 1.165) is 50.6 Å². The second-order valence-corrected chi connectivity index (χ2v) is 9.86. The number of aliphatic hydroxyl groups excluding tert-OH is 1. The van der Waals surface area contributed by atoms with Crippen molar-refractivity contribution in [2.45, 2.75) is 79.2 Å². The van der Waals surface area contributed by atoms with E-state index in [1.54, 1.807) is 25.2 Å². The first-order valence-corrected chi connectivity index (χ1v) is 13.7. The van der Waals surface area contributed by atoms with E-state index in [9.17, 15) is 9.90 Å².